The smallest absolute Gasteiger partial charge is 0.320 e. The monoisotopic (exact) mass is 279 g/mol. The summed E-state index contributed by atoms with van der Waals surface area (Å²) >= 11 is 5.95. The van der Waals surface area contributed by atoms with Crippen molar-refractivity contribution in [2.24, 2.45) is 5.73 Å². The zero-order chi connectivity index (χ0) is 14.0. The van der Waals surface area contributed by atoms with Crippen molar-refractivity contribution in [3.05, 3.63) is 40.9 Å². The van der Waals surface area contributed by atoms with Gasteiger partial charge in [-0.05, 0) is 40.6 Å². The Kier molecular flexibility index (Phi) is 3.93. The Morgan fingerprint density at radius 2 is 2.11 bits per heavy atom. The molecular formula is C14H14ClNO3. The number of aliphatic carboxylic acids is 1. The minimum absolute atomic E-state index is 0.209. The minimum Gasteiger partial charge on any atom is -0.496 e. The van der Waals surface area contributed by atoms with Crippen molar-refractivity contribution in [2.45, 2.75) is 12.5 Å². The maximum atomic E-state index is 10.8. The summed E-state index contributed by atoms with van der Waals surface area (Å²) in [5.41, 5.74) is 6.32. The lowest BCUT2D eigenvalue weighted by Gasteiger charge is -2.12. The van der Waals surface area contributed by atoms with Gasteiger partial charge in [0.25, 0.3) is 0 Å². The van der Waals surface area contributed by atoms with E-state index in [0.29, 0.717) is 10.8 Å². The lowest BCUT2D eigenvalue weighted by molar-refractivity contribution is -0.138. The van der Waals surface area contributed by atoms with Crippen LogP contribution < -0.4 is 10.5 Å². The molecule has 2 rings (SSSR count). The number of carboxylic acids is 1. The average Bonchev–Trinajstić information content (AvgIpc) is 2.37. The molecule has 0 aliphatic carbocycles. The SMILES string of the molecule is COc1cc2ccc(Cl)cc2cc1CC(N)C(=O)O. The van der Waals surface area contributed by atoms with Crippen molar-refractivity contribution in [3.63, 3.8) is 0 Å². The van der Waals surface area contributed by atoms with Crippen molar-refractivity contribution < 1.29 is 14.6 Å². The molecule has 0 radical (unpaired) electrons. The van der Waals surface area contributed by atoms with E-state index in [1.54, 1.807) is 13.2 Å². The summed E-state index contributed by atoms with van der Waals surface area (Å²) in [5, 5.41) is 11.4. The second kappa shape index (κ2) is 5.47. The Morgan fingerprint density at radius 3 is 2.74 bits per heavy atom. The van der Waals surface area contributed by atoms with E-state index < -0.39 is 12.0 Å². The average molecular weight is 280 g/mol. The fourth-order valence-electron chi connectivity index (χ4n) is 1.97. The quantitative estimate of drug-likeness (QED) is 0.902. The molecule has 0 aromatic heterocycles. The minimum atomic E-state index is -1.03. The van der Waals surface area contributed by atoms with Crippen LogP contribution in [-0.4, -0.2) is 24.2 Å². The largest absolute Gasteiger partial charge is 0.496 e. The molecule has 0 spiro atoms. The molecule has 0 bridgehead atoms. The van der Waals surface area contributed by atoms with Crippen LogP contribution in [0.25, 0.3) is 10.8 Å². The van der Waals surface area contributed by atoms with E-state index in [4.69, 9.17) is 27.2 Å². The van der Waals surface area contributed by atoms with Crippen molar-refractivity contribution in [1.29, 1.82) is 0 Å². The molecule has 1 unspecified atom stereocenters. The first-order chi connectivity index (χ1) is 9.01. The van der Waals surface area contributed by atoms with E-state index in [0.717, 1.165) is 16.3 Å². The standard InChI is InChI=1S/C14H14ClNO3/c1-19-13-7-8-2-3-11(15)5-9(8)4-10(13)6-12(16)14(17)18/h2-5,7,12H,6,16H2,1H3,(H,17,18). The summed E-state index contributed by atoms with van der Waals surface area (Å²) in [5.74, 6) is -0.403. The van der Waals surface area contributed by atoms with Gasteiger partial charge < -0.3 is 15.6 Å². The molecule has 0 aliphatic rings. The van der Waals surface area contributed by atoms with E-state index >= 15 is 0 Å². The first-order valence-corrected chi connectivity index (χ1v) is 6.13. The van der Waals surface area contributed by atoms with Gasteiger partial charge in [0.05, 0.1) is 7.11 Å². The van der Waals surface area contributed by atoms with Gasteiger partial charge in [-0.15, -0.1) is 0 Å². The van der Waals surface area contributed by atoms with Gasteiger partial charge in [0.15, 0.2) is 0 Å². The molecule has 2 aromatic rings. The highest BCUT2D eigenvalue weighted by molar-refractivity contribution is 6.31. The van der Waals surface area contributed by atoms with E-state index in [1.165, 1.54) is 0 Å². The summed E-state index contributed by atoms with van der Waals surface area (Å²) in [6.07, 6.45) is 0.209. The molecule has 0 amide bonds. The summed E-state index contributed by atoms with van der Waals surface area (Å²) in [6.45, 7) is 0. The molecule has 0 aliphatic heterocycles. The fraction of sp³-hybridized carbons (Fsp3) is 0.214. The van der Waals surface area contributed by atoms with Gasteiger partial charge in [-0.3, -0.25) is 4.79 Å². The third-order valence-electron chi connectivity index (χ3n) is 2.96. The third kappa shape index (κ3) is 2.97. The van der Waals surface area contributed by atoms with Crippen LogP contribution >= 0.6 is 11.6 Å². The molecule has 2 aromatic carbocycles. The summed E-state index contributed by atoms with van der Waals surface area (Å²) < 4.78 is 5.28. The molecule has 0 heterocycles. The van der Waals surface area contributed by atoms with Crippen LogP contribution in [0.15, 0.2) is 30.3 Å². The maximum absolute atomic E-state index is 10.8. The van der Waals surface area contributed by atoms with Gasteiger partial charge in [0.2, 0.25) is 0 Å². The van der Waals surface area contributed by atoms with Crippen molar-refractivity contribution >= 4 is 28.3 Å². The fourth-order valence-corrected chi connectivity index (χ4v) is 2.15. The number of ether oxygens (including phenoxy) is 1. The Morgan fingerprint density at radius 1 is 1.37 bits per heavy atom. The molecule has 3 N–H and O–H groups in total. The number of halogens is 1. The molecule has 4 nitrogen and oxygen atoms in total. The van der Waals surface area contributed by atoms with Gasteiger partial charge in [0, 0.05) is 11.4 Å². The lowest BCUT2D eigenvalue weighted by Crippen LogP contribution is -2.32. The van der Waals surface area contributed by atoms with Gasteiger partial charge in [-0.25, -0.2) is 0 Å². The number of fused-ring (bicyclic) bond motifs is 1. The highest BCUT2D eigenvalue weighted by atomic mass is 35.5. The Labute approximate surface area is 115 Å². The third-order valence-corrected chi connectivity index (χ3v) is 3.19. The van der Waals surface area contributed by atoms with E-state index in [1.807, 2.05) is 24.3 Å². The van der Waals surface area contributed by atoms with Crippen LogP contribution in [0.5, 0.6) is 5.75 Å². The summed E-state index contributed by atoms with van der Waals surface area (Å²) in [4.78, 5) is 10.8. The van der Waals surface area contributed by atoms with E-state index in [9.17, 15) is 4.79 Å². The number of rotatable bonds is 4. The van der Waals surface area contributed by atoms with E-state index in [2.05, 4.69) is 0 Å². The number of carboxylic acid groups (broad SMARTS) is 1. The maximum Gasteiger partial charge on any atom is 0.320 e. The van der Waals surface area contributed by atoms with Gasteiger partial charge >= 0.3 is 5.97 Å². The zero-order valence-corrected chi connectivity index (χ0v) is 11.1. The van der Waals surface area contributed by atoms with Crippen LogP contribution in [0.2, 0.25) is 5.02 Å². The molecule has 0 saturated heterocycles. The highest BCUT2D eigenvalue weighted by Crippen LogP contribution is 2.28. The van der Waals surface area contributed by atoms with Crippen molar-refractivity contribution in [2.75, 3.05) is 7.11 Å². The molecule has 19 heavy (non-hydrogen) atoms. The summed E-state index contributed by atoms with van der Waals surface area (Å²) in [7, 11) is 1.55. The molecule has 100 valence electrons. The first kappa shape index (κ1) is 13.6. The van der Waals surface area contributed by atoms with Crippen molar-refractivity contribution in [3.8, 4) is 5.75 Å². The predicted molar refractivity (Wildman–Crippen MR) is 74.8 cm³/mol. The van der Waals surface area contributed by atoms with Crippen LogP contribution in [0, 0.1) is 0 Å². The molecular weight excluding hydrogens is 266 g/mol. The van der Waals surface area contributed by atoms with Gasteiger partial charge in [-0.2, -0.15) is 0 Å². The Hall–Kier alpha value is -1.78. The van der Waals surface area contributed by atoms with Crippen LogP contribution in [-0.2, 0) is 11.2 Å². The van der Waals surface area contributed by atoms with Crippen LogP contribution in [0.4, 0.5) is 0 Å². The second-order valence-corrected chi connectivity index (χ2v) is 4.74. The zero-order valence-electron chi connectivity index (χ0n) is 10.4. The Bertz CT molecular complexity index is 627. The van der Waals surface area contributed by atoms with Crippen molar-refractivity contribution in [1.82, 2.24) is 0 Å². The molecule has 5 heteroatoms. The van der Waals surface area contributed by atoms with E-state index in [-0.39, 0.29) is 6.42 Å². The number of hydrogen-bond donors (Lipinski definition) is 2. The van der Waals surface area contributed by atoms with Gasteiger partial charge in [0.1, 0.15) is 11.8 Å². The molecule has 0 saturated carbocycles. The first-order valence-electron chi connectivity index (χ1n) is 5.76. The van der Waals surface area contributed by atoms with Crippen LogP contribution in [0.1, 0.15) is 5.56 Å². The molecule has 0 fully saturated rings. The second-order valence-electron chi connectivity index (χ2n) is 4.30. The number of hydrogen-bond acceptors (Lipinski definition) is 3. The van der Waals surface area contributed by atoms with Crippen LogP contribution in [0.3, 0.4) is 0 Å². The van der Waals surface area contributed by atoms with Gasteiger partial charge in [-0.1, -0.05) is 17.7 Å². The lowest BCUT2D eigenvalue weighted by atomic mass is 10.0. The number of nitrogens with two attached hydrogens (primary N) is 1. The highest BCUT2D eigenvalue weighted by Gasteiger charge is 2.15. The topological polar surface area (TPSA) is 72.5 Å². The molecule has 1 atom stereocenters. The Balaban J connectivity index is 2.49. The predicted octanol–water partition coefficient (Wildman–Crippen LogP) is 2.46. The summed E-state index contributed by atoms with van der Waals surface area (Å²) in [6, 6.07) is 8.28. The number of methoxy groups -OCH3 is 1. The number of benzene rings is 2. The normalized spacial score (nSPS) is 12.4. The number of carbonyl (C=O) groups is 1.